The van der Waals surface area contributed by atoms with Crippen LogP contribution in [0.1, 0.15) is 11.1 Å². The highest BCUT2D eigenvalue weighted by atomic mass is 14.2. The molecule has 0 heteroatoms. The molecule has 0 atom stereocenters. The molecule has 0 spiro atoms. The molecule has 8 aromatic carbocycles. The van der Waals surface area contributed by atoms with E-state index in [0.717, 1.165) is 0 Å². The Labute approximate surface area is 234 Å². The molecular formula is C40H28. The highest BCUT2D eigenvalue weighted by Crippen LogP contribution is 2.45. The lowest BCUT2D eigenvalue weighted by atomic mass is 9.84. The van der Waals surface area contributed by atoms with Crippen LogP contribution in [0.4, 0.5) is 0 Å². The number of hydrogen-bond donors (Lipinski definition) is 0. The average Bonchev–Trinajstić information content (AvgIpc) is 2.99. The Morgan fingerprint density at radius 1 is 0.325 bits per heavy atom. The van der Waals surface area contributed by atoms with Crippen molar-refractivity contribution in [2.75, 3.05) is 0 Å². The minimum Gasteiger partial charge on any atom is -0.0622 e. The van der Waals surface area contributed by atoms with Crippen LogP contribution in [-0.4, -0.2) is 0 Å². The van der Waals surface area contributed by atoms with Gasteiger partial charge in [-0.2, -0.15) is 0 Å². The van der Waals surface area contributed by atoms with Gasteiger partial charge in [0, 0.05) is 0 Å². The Morgan fingerprint density at radius 2 is 0.875 bits per heavy atom. The first-order valence-corrected chi connectivity index (χ1v) is 14.0. The predicted molar refractivity (Wildman–Crippen MR) is 174 cm³/mol. The van der Waals surface area contributed by atoms with Crippen molar-refractivity contribution in [2.24, 2.45) is 0 Å². The summed E-state index contributed by atoms with van der Waals surface area (Å²) in [7, 11) is 0. The van der Waals surface area contributed by atoms with E-state index < -0.39 is 0 Å². The Bertz CT molecular complexity index is 2210. The fourth-order valence-corrected chi connectivity index (χ4v) is 6.67. The number of hydrogen-bond acceptors (Lipinski definition) is 0. The average molecular weight is 509 g/mol. The first kappa shape index (κ1) is 23.0. The first-order valence-electron chi connectivity index (χ1n) is 14.0. The van der Waals surface area contributed by atoms with Crippen LogP contribution in [0.15, 0.2) is 133 Å². The number of rotatable bonds is 2. The van der Waals surface area contributed by atoms with Crippen LogP contribution in [0.3, 0.4) is 0 Å². The highest BCUT2D eigenvalue weighted by molar-refractivity contribution is 6.25. The Morgan fingerprint density at radius 3 is 1.52 bits per heavy atom. The van der Waals surface area contributed by atoms with E-state index in [4.69, 9.17) is 0 Å². The summed E-state index contributed by atoms with van der Waals surface area (Å²) in [5, 5.41) is 13.0. The summed E-state index contributed by atoms with van der Waals surface area (Å²) in [4.78, 5) is 0. The molecule has 0 bridgehead atoms. The molecule has 0 radical (unpaired) electrons. The second kappa shape index (κ2) is 8.79. The van der Waals surface area contributed by atoms with Crippen molar-refractivity contribution in [1.29, 1.82) is 0 Å². The van der Waals surface area contributed by atoms with Gasteiger partial charge in [-0.25, -0.2) is 0 Å². The molecule has 0 aromatic heterocycles. The predicted octanol–water partition coefficient (Wildman–Crippen LogP) is 11.4. The van der Waals surface area contributed by atoms with Gasteiger partial charge < -0.3 is 0 Å². The van der Waals surface area contributed by atoms with E-state index in [2.05, 4.69) is 147 Å². The van der Waals surface area contributed by atoms with Gasteiger partial charge in [0.15, 0.2) is 0 Å². The lowest BCUT2D eigenvalue weighted by molar-refractivity contribution is 1.37. The van der Waals surface area contributed by atoms with Crippen LogP contribution in [-0.2, 0) is 0 Å². The van der Waals surface area contributed by atoms with Crippen molar-refractivity contribution in [3.63, 3.8) is 0 Å². The summed E-state index contributed by atoms with van der Waals surface area (Å²) in [6, 6.07) is 49.5. The second-order valence-corrected chi connectivity index (χ2v) is 11.0. The van der Waals surface area contributed by atoms with Crippen LogP contribution in [0.5, 0.6) is 0 Å². The smallest absolute Gasteiger partial charge is 0.00201 e. The van der Waals surface area contributed by atoms with E-state index in [1.807, 2.05) is 0 Å². The molecule has 0 unspecified atom stereocenters. The Kier molecular flexibility index (Phi) is 5.06. The van der Waals surface area contributed by atoms with Gasteiger partial charge in [0.2, 0.25) is 0 Å². The van der Waals surface area contributed by atoms with Gasteiger partial charge in [-0.3, -0.25) is 0 Å². The Hall–Kier alpha value is -4.94. The molecule has 40 heavy (non-hydrogen) atoms. The van der Waals surface area contributed by atoms with Crippen LogP contribution < -0.4 is 0 Å². The molecule has 188 valence electrons. The van der Waals surface area contributed by atoms with Crippen molar-refractivity contribution in [3.05, 3.63) is 145 Å². The van der Waals surface area contributed by atoms with Gasteiger partial charge in [-0.05, 0) is 113 Å². The van der Waals surface area contributed by atoms with Crippen molar-refractivity contribution in [2.45, 2.75) is 13.8 Å². The SMILES string of the molecule is Cc1cc2cc3ccc4c(-c5c6ccccc6c(-c6ccccc6)c6ccccc56)cccc4c3cc2cc1C. The molecule has 0 aliphatic heterocycles. The monoisotopic (exact) mass is 508 g/mol. The zero-order valence-corrected chi connectivity index (χ0v) is 22.7. The molecule has 0 N–H and O–H groups in total. The first-order chi connectivity index (χ1) is 19.7. The van der Waals surface area contributed by atoms with Crippen LogP contribution in [0.2, 0.25) is 0 Å². The van der Waals surface area contributed by atoms with E-state index in [9.17, 15) is 0 Å². The molecule has 8 rings (SSSR count). The zero-order valence-electron chi connectivity index (χ0n) is 22.7. The highest BCUT2D eigenvalue weighted by Gasteiger charge is 2.18. The molecule has 0 aliphatic rings. The third-order valence-corrected chi connectivity index (χ3v) is 8.71. The fourth-order valence-electron chi connectivity index (χ4n) is 6.67. The summed E-state index contributed by atoms with van der Waals surface area (Å²) in [5.41, 5.74) is 7.83. The maximum Gasteiger partial charge on any atom is -0.00201 e. The summed E-state index contributed by atoms with van der Waals surface area (Å²) in [6.45, 7) is 4.40. The zero-order chi connectivity index (χ0) is 26.8. The Balaban J connectivity index is 1.50. The van der Waals surface area contributed by atoms with Gasteiger partial charge in [0.1, 0.15) is 0 Å². The van der Waals surface area contributed by atoms with E-state index in [-0.39, 0.29) is 0 Å². The van der Waals surface area contributed by atoms with Gasteiger partial charge in [0.25, 0.3) is 0 Å². The molecule has 0 nitrogen and oxygen atoms in total. The van der Waals surface area contributed by atoms with Gasteiger partial charge in [-0.15, -0.1) is 0 Å². The quantitative estimate of drug-likeness (QED) is 0.161. The van der Waals surface area contributed by atoms with Crippen molar-refractivity contribution in [1.82, 2.24) is 0 Å². The van der Waals surface area contributed by atoms with Crippen LogP contribution in [0.25, 0.3) is 76.1 Å². The number of aryl methyl sites for hydroxylation is 2. The number of benzene rings is 8. The van der Waals surface area contributed by atoms with Crippen molar-refractivity contribution in [3.8, 4) is 22.3 Å². The molecular weight excluding hydrogens is 480 g/mol. The fraction of sp³-hybridized carbons (Fsp3) is 0.0500. The lowest BCUT2D eigenvalue weighted by Crippen LogP contribution is -1.91. The van der Waals surface area contributed by atoms with Crippen molar-refractivity contribution >= 4 is 53.9 Å². The summed E-state index contributed by atoms with van der Waals surface area (Å²) in [5.74, 6) is 0. The molecule has 0 aliphatic carbocycles. The molecule has 0 heterocycles. The molecule has 0 fully saturated rings. The maximum atomic E-state index is 2.39. The second-order valence-electron chi connectivity index (χ2n) is 11.0. The van der Waals surface area contributed by atoms with Crippen LogP contribution in [0, 0.1) is 13.8 Å². The minimum absolute atomic E-state index is 1.25. The van der Waals surface area contributed by atoms with Crippen molar-refractivity contribution < 1.29 is 0 Å². The summed E-state index contributed by atoms with van der Waals surface area (Å²) in [6.07, 6.45) is 0. The lowest BCUT2D eigenvalue weighted by Gasteiger charge is -2.19. The van der Waals surface area contributed by atoms with E-state index >= 15 is 0 Å². The molecule has 0 amide bonds. The summed E-state index contributed by atoms with van der Waals surface area (Å²) < 4.78 is 0. The number of fused-ring (bicyclic) bond motifs is 6. The standard InChI is InChI=1S/C40H28/c1-25-21-29-23-28-19-20-32-31(38(28)24-30(29)22-26(25)2)17-10-18-33(32)40-36-15-8-6-13-34(36)39(27-11-4-3-5-12-27)35-14-7-9-16-37(35)40/h3-24H,1-2H3. The topological polar surface area (TPSA) is 0 Å². The minimum atomic E-state index is 1.25. The van der Waals surface area contributed by atoms with Gasteiger partial charge in [-0.1, -0.05) is 121 Å². The van der Waals surface area contributed by atoms with E-state index in [1.165, 1.54) is 87.2 Å². The van der Waals surface area contributed by atoms with E-state index in [1.54, 1.807) is 0 Å². The van der Waals surface area contributed by atoms with Gasteiger partial charge in [0.05, 0.1) is 0 Å². The molecule has 0 saturated carbocycles. The maximum absolute atomic E-state index is 2.39. The normalized spacial score (nSPS) is 11.8. The summed E-state index contributed by atoms with van der Waals surface area (Å²) >= 11 is 0. The third-order valence-electron chi connectivity index (χ3n) is 8.71. The van der Waals surface area contributed by atoms with Gasteiger partial charge >= 0.3 is 0 Å². The van der Waals surface area contributed by atoms with E-state index in [0.29, 0.717) is 0 Å². The third kappa shape index (κ3) is 3.39. The largest absolute Gasteiger partial charge is 0.0622 e. The van der Waals surface area contributed by atoms with Crippen LogP contribution >= 0.6 is 0 Å². The molecule has 8 aromatic rings. The molecule has 0 saturated heterocycles.